The third-order valence-corrected chi connectivity index (χ3v) is 5.20. The van der Waals surface area contributed by atoms with Crippen LogP contribution in [0.2, 0.25) is 0 Å². The number of carbonyl (C=O) groups excluding carboxylic acids is 1. The quantitative estimate of drug-likeness (QED) is 0.710. The molecule has 3 aromatic heterocycles. The molecule has 1 atom stereocenters. The van der Waals surface area contributed by atoms with Gasteiger partial charge in [-0.1, -0.05) is 0 Å². The first-order valence-corrected chi connectivity index (χ1v) is 9.38. The summed E-state index contributed by atoms with van der Waals surface area (Å²) in [6, 6.07) is 5.88. The second kappa shape index (κ2) is 7.39. The maximum absolute atomic E-state index is 13.0. The van der Waals surface area contributed by atoms with E-state index in [0.29, 0.717) is 17.9 Å². The van der Waals surface area contributed by atoms with Crippen molar-refractivity contribution >= 4 is 5.91 Å². The fourth-order valence-electron chi connectivity index (χ4n) is 3.89. The molecule has 1 amide bonds. The van der Waals surface area contributed by atoms with Crippen molar-refractivity contribution in [1.29, 1.82) is 0 Å². The summed E-state index contributed by atoms with van der Waals surface area (Å²) in [7, 11) is 0. The Morgan fingerprint density at radius 3 is 2.81 bits per heavy atom. The fraction of sp³-hybridized carbons (Fsp3) is 0.381. The van der Waals surface area contributed by atoms with E-state index in [2.05, 4.69) is 14.5 Å². The van der Waals surface area contributed by atoms with Crippen LogP contribution in [0, 0.1) is 13.8 Å². The van der Waals surface area contributed by atoms with Crippen LogP contribution in [0.25, 0.3) is 0 Å². The van der Waals surface area contributed by atoms with E-state index in [1.165, 1.54) is 5.56 Å². The molecule has 0 saturated carbocycles. The van der Waals surface area contributed by atoms with Crippen molar-refractivity contribution in [3.63, 3.8) is 0 Å². The zero-order chi connectivity index (χ0) is 18.8. The van der Waals surface area contributed by atoms with Crippen molar-refractivity contribution in [3.05, 3.63) is 71.5 Å². The number of piperidine rings is 1. The Morgan fingerprint density at radius 1 is 1.26 bits per heavy atom. The molecule has 0 N–H and O–H groups in total. The van der Waals surface area contributed by atoms with Gasteiger partial charge in [-0.05, 0) is 50.5 Å². The van der Waals surface area contributed by atoms with E-state index in [-0.39, 0.29) is 11.8 Å². The first-order valence-electron chi connectivity index (χ1n) is 9.38. The SMILES string of the molecule is Cc1cc(C(=O)N2CCC[C@H](c3nccn3Cc3ccncc3)C2)c(C)o1. The predicted molar refractivity (Wildman–Crippen MR) is 102 cm³/mol. The number of amides is 1. The molecule has 0 aliphatic carbocycles. The van der Waals surface area contributed by atoms with Crippen LogP contribution in [0.3, 0.4) is 0 Å². The molecule has 140 valence electrons. The van der Waals surface area contributed by atoms with Crippen molar-refractivity contribution in [2.45, 2.75) is 39.2 Å². The summed E-state index contributed by atoms with van der Waals surface area (Å²) in [6.07, 6.45) is 9.50. The lowest BCUT2D eigenvalue weighted by Gasteiger charge is -2.32. The van der Waals surface area contributed by atoms with Crippen LogP contribution in [0.1, 0.15) is 52.0 Å². The smallest absolute Gasteiger partial charge is 0.257 e. The average Bonchev–Trinajstić information content (AvgIpc) is 3.28. The van der Waals surface area contributed by atoms with Crippen molar-refractivity contribution in [1.82, 2.24) is 19.4 Å². The van der Waals surface area contributed by atoms with Gasteiger partial charge >= 0.3 is 0 Å². The van der Waals surface area contributed by atoms with Gasteiger partial charge in [0.1, 0.15) is 17.3 Å². The topological polar surface area (TPSA) is 64.2 Å². The van der Waals surface area contributed by atoms with Gasteiger partial charge in [0.05, 0.1) is 5.56 Å². The number of rotatable bonds is 4. The van der Waals surface area contributed by atoms with Gasteiger partial charge in [0, 0.05) is 50.3 Å². The van der Waals surface area contributed by atoms with Gasteiger partial charge in [-0.15, -0.1) is 0 Å². The second-order valence-electron chi connectivity index (χ2n) is 7.19. The molecule has 3 aromatic rings. The van der Waals surface area contributed by atoms with Gasteiger partial charge in [0.15, 0.2) is 0 Å². The number of furan rings is 1. The summed E-state index contributed by atoms with van der Waals surface area (Å²) in [5.74, 6) is 2.81. The van der Waals surface area contributed by atoms with E-state index in [0.717, 1.165) is 37.5 Å². The third-order valence-electron chi connectivity index (χ3n) is 5.20. The normalized spacial score (nSPS) is 17.3. The zero-order valence-corrected chi connectivity index (χ0v) is 15.8. The highest BCUT2D eigenvalue weighted by atomic mass is 16.3. The monoisotopic (exact) mass is 364 g/mol. The summed E-state index contributed by atoms with van der Waals surface area (Å²) in [5.41, 5.74) is 1.87. The van der Waals surface area contributed by atoms with E-state index in [1.54, 1.807) is 0 Å². The van der Waals surface area contributed by atoms with Crippen molar-refractivity contribution in [2.75, 3.05) is 13.1 Å². The first kappa shape index (κ1) is 17.5. The minimum absolute atomic E-state index is 0.0567. The molecule has 27 heavy (non-hydrogen) atoms. The van der Waals surface area contributed by atoms with Crippen LogP contribution in [0.4, 0.5) is 0 Å². The van der Waals surface area contributed by atoms with Gasteiger partial charge in [-0.3, -0.25) is 9.78 Å². The van der Waals surface area contributed by atoms with Gasteiger partial charge in [-0.25, -0.2) is 4.98 Å². The van der Waals surface area contributed by atoms with Crippen LogP contribution in [0.15, 0.2) is 47.4 Å². The summed E-state index contributed by atoms with van der Waals surface area (Å²) in [6.45, 7) is 5.96. The molecule has 6 nitrogen and oxygen atoms in total. The molecule has 0 bridgehead atoms. The van der Waals surface area contributed by atoms with E-state index < -0.39 is 0 Å². The molecule has 0 spiro atoms. The van der Waals surface area contributed by atoms with E-state index in [1.807, 2.05) is 61.7 Å². The summed E-state index contributed by atoms with van der Waals surface area (Å²) >= 11 is 0. The fourth-order valence-corrected chi connectivity index (χ4v) is 3.89. The lowest BCUT2D eigenvalue weighted by Crippen LogP contribution is -2.39. The van der Waals surface area contributed by atoms with Crippen LogP contribution in [-0.4, -0.2) is 38.4 Å². The average molecular weight is 364 g/mol. The molecule has 0 unspecified atom stereocenters. The summed E-state index contributed by atoms with van der Waals surface area (Å²) < 4.78 is 7.72. The van der Waals surface area contributed by atoms with E-state index in [4.69, 9.17) is 4.42 Å². The highest BCUT2D eigenvalue weighted by Gasteiger charge is 2.29. The highest BCUT2D eigenvalue weighted by Crippen LogP contribution is 2.28. The standard InChI is InChI=1S/C21H24N4O2/c1-15-12-19(16(2)27-15)21(26)25-10-3-4-18(14-25)20-23-9-11-24(20)13-17-5-7-22-8-6-17/h5-9,11-12,18H,3-4,10,13-14H2,1-2H3/t18-/m0/s1. The highest BCUT2D eigenvalue weighted by molar-refractivity contribution is 5.95. The molecule has 0 aromatic carbocycles. The summed E-state index contributed by atoms with van der Waals surface area (Å²) in [5, 5.41) is 0. The second-order valence-corrected chi connectivity index (χ2v) is 7.19. The molecule has 1 aliphatic heterocycles. The minimum Gasteiger partial charge on any atom is -0.466 e. The first-order chi connectivity index (χ1) is 13.1. The van der Waals surface area contributed by atoms with Gasteiger partial charge in [-0.2, -0.15) is 0 Å². The molecule has 0 radical (unpaired) electrons. The number of aryl methyl sites for hydroxylation is 2. The van der Waals surface area contributed by atoms with Crippen molar-refractivity contribution in [3.8, 4) is 0 Å². The number of hydrogen-bond acceptors (Lipinski definition) is 4. The molecular formula is C21H24N4O2. The Balaban J connectivity index is 1.51. The molecule has 4 heterocycles. The zero-order valence-electron chi connectivity index (χ0n) is 15.8. The molecular weight excluding hydrogens is 340 g/mol. The van der Waals surface area contributed by atoms with Crippen molar-refractivity contribution < 1.29 is 9.21 Å². The largest absolute Gasteiger partial charge is 0.466 e. The molecule has 6 heteroatoms. The predicted octanol–water partition coefficient (Wildman–Crippen LogP) is 3.56. The van der Waals surface area contributed by atoms with Crippen LogP contribution < -0.4 is 0 Å². The number of nitrogens with zero attached hydrogens (tertiary/aromatic N) is 4. The van der Waals surface area contributed by atoms with E-state index in [9.17, 15) is 4.79 Å². The van der Waals surface area contributed by atoms with Crippen LogP contribution in [0.5, 0.6) is 0 Å². The number of likely N-dealkylation sites (tertiary alicyclic amines) is 1. The number of aromatic nitrogens is 3. The molecule has 1 saturated heterocycles. The molecule has 4 rings (SSSR count). The maximum Gasteiger partial charge on any atom is 0.257 e. The number of pyridine rings is 1. The summed E-state index contributed by atoms with van der Waals surface area (Å²) in [4.78, 5) is 23.6. The molecule has 1 fully saturated rings. The van der Waals surface area contributed by atoms with Crippen molar-refractivity contribution in [2.24, 2.45) is 0 Å². The van der Waals surface area contributed by atoms with Crippen LogP contribution in [-0.2, 0) is 6.54 Å². The Bertz CT molecular complexity index is 929. The maximum atomic E-state index is 13.0. The Kier molecular flexibility index (Phi) is 4.79. The lowest BCUT2D eigenvalue weighted by molar-refractivity contribution is 0.0701. The Morgan fingerprint density at radius 2 is 2.07 bits per heavy atom. The Hall–Kier alpha value is -2.89. The number of imidazole rings is 1. The van der Waals surface area contributed by atoms with Gasteiger partial charge in [0.25, 0.3) is 5.91 Å². The minimum atomic E-state index is 0.0567. The van der Waals surface area contributed by atoms with E-state index >= 15 is 0 Å². The van der Waals surface area contributed by atoms with Crippen LogP contribution >= 0.6 is 0 Å². The lowest BCUT2D eigenvalue weighted by atomic mass is 9.96. The molecule has 1 aliphatic rings. The third kappa shape index (κ3) is 3.65. The number of carbonyl (C=O) groups is 1. The number of hydrogen-bond donors (Lipinski definition) is 0. The Labute approximate surface area is 158 Å². The van der Waals surface area contributed by atoms with Gasteiger partial charge in [0.2, 0.25) is 0 Å². The van der Waals surface area contributed by atoms with Gasteiger partial charge < -0.3 is 13.9 Å².